The van der Waals surface area contributed by atoms with Gasteiger partial charge in [-0.1, -0.05) is 0 Å². The summed E-state index contributed by atoms with van der Waals surface area (Å²) in [6, 6.07) is 0. The zero-order valence-corrected chi connectivity index (χ0v) is 8.92. The first-order valence-corrected chi connectivity index (χ1v) is 5.36. The number of Topliss-reactive ketones (excluding diaryl/α,β-unsaturated/α-hetero) is 1. The van der Waals surface area contributed by atoms with Crippen molar-refractivity contribution < 1.29 is 27.5 Å². The smallest absolute Gasteiger partial charge is 0.432 e. The Balaban J connectivity index is 2.32. The number of esters is 1. The highest BCUT2D eigenvalue weighted by molar-refractivity contribution is 5.86. The molecule has 2 aliphatic rings. The summed E-state index contributed by atoms with van der Waals surface area (Å²) in [7, 11) is 0. The van der Waals surface area contributed by atoms with Crippen LogP contribution in [-0.4, -0.2) is 23.5 Å². The summed E-state index contributed by atoms with van der Waals surface area (Å²) in [5.74, 6) is -2.20. The molecule has 0 aromatic carbocycles. The first-order valence-electron chi connectivity index (χ1n) is 5.36. The molecule has 0 radical (unpaired) electrons. The molecule has 1 aliphatic carbocycles. The first kappa shape index (κ1) is 12.1. The van der Waals surface area contributed by atoms with Crippen LogP contribution >= 0.6 is 0 Å². The van der Waals surface area contributed by atoms with Crippen LogP contribution in [0.15, 0.2) is 12.2 Å². The fourth-order valence-corrected chi connectivity index (χ4v) is 2.42. The molecular weight excluding hydrogens is 237 g/mol. The van der Waals surface area contributed by atoms with Crippen molar-refractivity contribution in [2.45, 2.75) is 37.5 Å². The van der Waals surface area contributed by atoms with Gasteiger partial charge in [0.1, 0.15) is 5.78 Å². The van der Waals surface area contributed by atoms with E-state index in [0.29, 0.717) is 12.8 Å². The number of ketones is 1. The van der Waals surface area contributed by atoms with Crippen LogP contribution in [0, 0.1) is 5.92 Å². The van der Waals surface area contributed by atoms with Crippen LogP contribution in [0.4, 0.5) is 13.2 Å². The average Bonchev–Trinajstić information content (AvgIpc) is 2.61. The van der Waals surface area contributed by atoms with Gasteiger partial charge in [-0.3, -0.25) is 4.79 Å². The van der Waals surface area contributed by atoms with Crippen molar-refractivity contribution in [3.8, 4) is 0 Å². The summed E-state index contributed by atoms with van der Waals surface area (Å²) in [5, 5.41) is 0. The molecule has 1 aliphatic heterocycles. The summed E-state index contributed by atoms with van der Waals surface area (Å²) in [6.45, 7) is 0. The second-order valence-electron chi connectivity index (χ2n) is 4.38. The van der Waals surface area contributed by atoms with Crippen molar-refractivity contribution in [3.05, 3.63) is 12.2 Å². The van der Waals surface area contributed by atoms with Crippen molar-refractivity contribution in [1.82, 2.24) is 0 Å². The third-order valence-corrected chi connectivity index (χ3v) is 3.27. The molecule has 1 saturated carbocycles. The fraction of sp³-hybridized carbons (Fsp3) is 0.636. The molecule has 0 aromatic heterocycles. The Morgan fingerprint density at radius 1 is 1.35 bits per heavy atom. The molecule has 0 aromatic rings. The minimum absolute atomic E-state index is 0.183. The Bertz CT molecular complexity index is 386. The summed E-state index contributed by atoms with van der Waals surface area (Å²) < 4.78 is 43.7. The number of alkyl halides is 3. The van der Waals surface area contributed by atoms with E-state index in [-0.39, 0.29) is 18.6 Å². The topological polar surface area (TPSA) is 43.4 Å². The number of carbonyl (C=O) groups is 2. The summed E-state index contributed by atoms with van der Waals surface area (Å²) in [4.78, 5) is 22.2. The third kappa shape index (κ3) is 1.96. The normalized spacial score (nSPS) is 33.9. The highest BCUT2D eigenvalue weighted by atomic mass is 19.4. The van der Waals surface area contributed by atoms with Crippen molar-refractivity contribution in [2.75, 3.05) is 0 Å². The van der Waals surface area contributed by atoms with Crippen molar-refractivity contribution in [3.63, 3.8) is 0 Å². The van der Waals surface area contributed by atoms with E-state index in [0.717, 1.165) is 12.2 Å². The average molecular weight is 248 g/mol. The Hall–Kier alpha value is -1.33. The fourth-order valence-electron chi connectivity index (χ4n) is 2.42. The van der Waals surface area contributed by atoms with Crippen molar-refractivity contribution >= 4 is 11.8 Å². The monoisotopic (exact) mass is 248 g/mol. The maximum absolute atomic E-state index is 13.1. The zero-order chi connectivity index (χ0) is 12.7. The lowest BCUT2D eigenvalue weighted by atomic mass is 9.76. The molecule has 0 amide bonds. The van der Waals surface area contributed by atoms with Gasteiger partial charge >= 0.3 is 12.1 Å². The highest BCUT2D eigenvalue weighted by Gasteiger charge is 2.63. The van der Waals surface area contributed by atoms with Gasteiger partial charge in [0.05, 0.1) is 0 Å². The van der Waals surface area contributed by atoms with Gasteiger partial charge in [-0.2, -0.15) is 13.2 Å². The molecule has 0 N–H and O–H groups in total. The van der Waals surface area contributed by atoms with Crippen LogP contribution in [0.25, 0.3) is 0 Å². The van der Waals surface area contributed by atoms with Gasteiger partial charge < -0.3 is 4.74 Å². The molecule has 6 heteroatoms. The van der Waals surface area contributed by atoms with Crippen LogP contribution in [0.1, 0.15) is 25.7 Å². The van der Waals surface area contributed by atoms with Gasteiger partial charge in [-0.05, 0) is 18.9 Å². The predicted molar refractivity (Wildman–Crippen MR) is 51.0 cm³/mol. The molecule has 1 heterocycles. The number of hydrogen-bond donors (Lipinski definition) is 0. The lowest BCUT2D eigenvalue weighted by molar-refractivity contribution is -0.263. The Morgan fingerprint density at radius 3 is 2.53 bits per heavy atom. The minimum Gasteiger partial charge on any atom is -0.442 e. The predicted octanol–water partition coefficient (Wildman–Crippen LogP) is 2.16. The van der Waals surface area contributed by atoms with Crippen LogP contribution in [0.5, 0.6) is 0 Å². The highest BCUT2D eigenvalue weighted by Crippen LogP contribution is 2.47. The summed E-state index contributed by atoms with van der Waals surface area (Å²) in [6.07, 6.45) is -2.38. The molecule has 0 saturated heterocycles. The number of halogens is 3. The molecule has 0 spiro atoms. The Kier molecular flexibility index (Phi) is 2.75. The lowest BCUT2D eigenvalue weighted by Crippen LogP contribution is -2.52. The first-order chi connectivity index (χ1) is 7.85. The molecule has 0 bridgehead atoms. The largest absolute Gasteiger partial charge is 0.442 e. The van der Waals surface area contributed by atoms with Gasteiger partial charge in [0.15, 0.2) is 0 Å². The number of hydrogen-bond acceptors (Lipinski definition) is 3. The van der Waals surface area contributed by atoms with Crippen LogP contribution in [0.2, 0.25) is 0 Å². The summed E-state index contributed by atoms with van der Waals surface area (Å²) in [5.41, 5.74) is -2.60. The molecule has 94 valence electrons. The Labute approximate surface area is 95.6 Å². The van der Waals surface area contributed by atoms with Gasteiger partial charge in [0.25, 0.3) is 0 Å². The Morgan fingerprint density at radius 2 is 2.06 bits per heavy atom. The molecule has 3 nitrogen and oxygen atoms in total. The molecule has 17 heavy (non-hydrogen) atoms. The van der Waals surface area contributed by atoms with E-state index in [1.807, 2.05) is 0 Å². The lowest BCUT2D eigenvalue weighted by Gasteiger charge is -2.37. The van der Waals surface area contributed by atoms with Crippen LogP contribution < -0.4 is 0 Å². The van der Waals surface area contributed by atoms with E-state index in [4.69, 9.17) is 0 Å². The van der Waals surface area contributed by atoms with E-state index in [1.165, 1.54) is 0 Å². The van der Waals surface area contributed by atoms with E-state index in [2.05, 4.69) is 4.74 Å². The standard InChI is InChI=1S/C11H11F3O3/c12-11(13,14)10(5-4-9(16)17-10)7-2-1-3-8(15)6-7/h4-5,7H,1-3,6H2/t7-,10-/m1/s1. The second kappa shape index (κ2) is 3.85. The van der Waals surface area contributed by atoms with Gasteiger partial charge in [-0.25, -0.2) is 4.79 Å². The number of ether oxygens (including phenoxy) is 1. The maximum atomic E-state index is 13.1. The van der Waals surface area contributed by atoms with E-state index >= 15 is 0 Å². The van der Waals surface area contributed by atoms with E-state index < -0.39 is 23.7 Å². The number of carbonyl (C=O) groups excluding carboxylic acids is 2. The van der Waals surface area contributed by atoms with Gasteiger partial charge in [-0.15, -0.1) is 0 Å². The van der Waals surface area contributed by atoms with Gasteiger partial charge in [0, 0.05) is 24.8 Å². The maximum Gasteiger partial charge on any atom is 0.432 e. The molecular formula is C11H11F3O3. The van der Waals surface area contributed by atoms with E-state index in [9.17, 15) is 22.8 Å². The molecule has 2 atom stereocenters. The number of cyclic esters (lactones) is 1. The minimum atomic E-state index is -4.68. The van der Waals surface area contributed by atoms with Crippen LogP contribution in [0.3, 0.4) is 0 Å². The quantitative estimate of drug-likeness (QED) is 0.668. The van der Waals surface area contributed by atoms with Crippen molar-refractivity contribution in [1.29, 1.82) is 0 Å². The SMILES string of the molecule is O=C1CCC[C@@H]([C@@]2(C(F)(F)F)C=CC(=O)O2)C1. The molecule has 1 fully saturated rings. The zero-order valence-electron chi connectivity index (χ0n) is 8.92. The summed E-state index contributed by atoms with van der Waals surface area (Å²) >= 11 is 0. The van der Waals surface area contributed by atoms with Gasteiger partial charge in [0.2, 0.25) is 5.60 Å². The molecule has 2 rings (SSSR count). The number of rotatable bonds is 1. The van der Waals surface area contributed by atoms with Crippen LogP contribution in [-0.2, 0) is 14.3 Å². The third-order valence-electron chi connectivity index (χ3n) is 3.27. The molecule has 0 unspecified atom stereocenters. The second-order valence-corrected chi connectivity index (χ2v) is 4.38. The van der Waals surface area contributed by atoms with E-state index in [1.54, 1.807) is 0 Å². The van der Waals surface area contributed by atoms with Crippen molar-refractivity contribution in [2.24, 2.45) is 5.92 Å².